The fraction of sp³-hybridized carbons (Fsp3) is 0.176. The van der Waals surface area contributed by atoms with E-state index in [4.69, 9.17) is 4.84 Å². The Labute approximate surface area is 133 Å². The Morgan fingerprint density at radius 3 is 2.91 bits per heavy atom. The number of carbonyl (C=O) groups is 1. The molecule has 1 amide bonds. The zero-order valence-corrected chi connectivity index (χ0v) is 13.0. The fourth-order valence-corrected chi connectivity index (χ4v) is 2.81. The molecule has 1 aliphatic carbocycles. The first-order valence-corrected chi connectivity index (χ1v) is 7.89. The molecule has 0 saturated heterocycles. The van der Waals surface area contributed by atoms with E-state index in [2.05, 4.69) is 10.5 Å². The number of nitrogens with one attached hydrogen (secondary N) is 1. The predicted octanol–water partition coefficient (Wildman–Crippen LogP) is 3.41. The Kier molecular flexibility index (Phi) is 4.46. The maximum absolute atomic E-state index is 12.1. The number of amides is 1. The summed E-state index contributed by atoms with van der Waals surface area (Å²) >= 11 is 1.61. The lowest BCUT2D eigenvalue weighted by Gasteiger charge is -2.06. The van der Waals surface area contributed by atoms with Crippen LogP contribution in [0.5, 0.6) is 0 Å². The maximum atomic E-state index is 12.1. The summed E-state index contributed by atoms with van der Waals surface area (Å²) in [6, 6.07) is 9.72. The lowest BCUT2D eigenvalue weighted by atomic mass is 10.2. The number of aromatic nitrogens is 1. The van der Waals surface area contributed by atoms with Gasteiger partial charge >= 0.3 is 0 Å². The van der Waals surface area contributed by atoms with Gasteiger partial charge in [0.1, 0.15) is 0 Å². The Balaban J connectivity index is 1.53. The van der Waals surface area contributed by atoms with Crippen LogP contribution in [0.15, 0.2) is 53.4 Å². The van der Waals surface area contributed by atoms with Crippen molar-refractivity contribution in [3.63, 3.8) is 0 Å². The van der Waals surface area contributed by atoms with Crippen molar-refractivity contribution >= 4 is 22.8 Å². The van der Waals surface area contributed by atoms with Crippen LogP contribution in [-0.2, 0) is 16.2 Å². The summed E-state index contributed by atoms with van der Waals surface area (Å²) in [5.41, 5.74) is 6.12. The van der Waals surface area contributed by atoms with Crippen molar-refractivity contribution < 1.29 is 9.63 Å². The molecule has 1 N–H and O–H groups in total. The van der Waals surface area contributed by atoms with Gasteiger partial charge in [-0.15, -0.1) is 11.3 Å². The number of aryl methyl sites for hydroxylation is 1. The summed E-state index contributed by atoms with van der Waals surface area (Å²) < 4.78 is 0. The summed E-state index contributed by atoms with van der Waals surface area (Å²) in [4.78, 5) is 21.8. The molecule has 4 nitrogen and oxygen atoms in total. The van der Waals surface area contributed by atoms with E-state index in [1.54, 1.807) is 11.3 Å². The predicted molar refractivity (Wildman–Crippen MR) is 86.9 cm³/mol. The van der Waals surface area contributed by atoms with Crippen LogP contribution in [-0.4, -0.2) is 10.9 Å². The van der Waals surface area contributed by atoms with E-state index in [9.17, 15) is 4.79 Å². The van der Waals surface area contributed by atoms with Crippen LogP contribution in [0.2, 0.25) is 0 Å². The molecular weight excluding hydrogens is 296 g/mol. The second-order valence-electron chi connectivity index (χ2n) is 4.99. The molecule has 0 unspecified atom stereocenters. The van der Waals surface area contributed by atoms with Gasteiger partial charge in [0.15, 0.2) is 0 Å². The summed E-state index contributed by atoms with van der Waals surface area (Å²) in [5.74, 6) is -0.200. The highest BCUT2D eigenvalue weighted by Gasteiger charge is 2.16. The summed E-state index contributed by atoms with van der Waals surface area (Å²) in [5, 5.41) is 3.03. The number of benzene rings is 1. The molecule has 22 heavy (non-hydrogen) atoms. The van der Waals surface area contributed by atoms with Crippen LogP contribution in [0.4, 0.5) is 0 Å². The van der Waals surface area contributed by atoms with Crippen molar-refractivity contribution in [3.05, 3.63) is 69.7 Å². The van der Waals surface area contributed by atoms with Gasteiger partial charge in [0.05, 0.1) is 17.3 Å². The van der Waals surface area contributed by atoms with Crippen molar-refractivity contribution in [3.8, 4) is 0 Å². The molecule has 112 valence electrons. The minimum Gasteiger partial charge on any atom is -0.269 e. The number of rotatable bonds is 5. The van der Waals surface area contributed by atoms with Gasteiger partial charge < -0.3 is 0 Å². The molecule has 0 bridgehead atoms. The van der Waals surface area contributed by atoms with E-state index < -0.39 is 0 Å². The summed E-state index contributed by atoms with van der Waals surface area (Å²) in [6.45, 7) is 2.32. The zero-order chi connectivity index (χ0) is 15.4. The monoisotopic (exact) mass is 312 g/mol. The van der Waals surface area contributed by atoms with Crippen LogP contribution in [0.3, 0.4) is 0 Å². The molecule has 0 spiro atoms. The third-order valence-electron chi connectivity index (χ3n) is 3.32. The quantitative estimate of drug-likeness (QED) is 0.861. The van der Waals surface area contributed by atoms with Crippen LogP contribution in [0, 0.1) is 6.92 Å². The summed E-state index contributed by atoms with van der Waals surface area (Å²) in [7, 11) is 0. The first-order valence-electron chi connectivity index (χ1n) is 7.01. The Hall–Kier alpha value is -2.24. The van der Waals surface area contributed by atoms with Gasteiger partial charge in [-0.25, -0.2) is 10.5 Å². The van der Waals surface area contributed by atoms with Gasteiger partial charge in [-0.2, -0.15) is 0 Å². The molecule has 1 aromatic carbocycles. The van der Waals surface area contributed by atoms with E-state index in [1.165, 1.54) is 0 Å². The molecule has 0 atom stereocenters. The molecular formula is C17H16N2O2S. The number of nitrogens with zero attached hydrogens (tertiary/aromatic N) is 1. The molecule has 1 aromatic heterocycles. The van der Waals surface area contributed by atoms with Crippen LogP contribution in [0.25, 0.3) is 5.57 Å². The van der Waals surface area contributed by atoms with Crippen molar-refractivity contribution in [1.82, 2.24) is 10.5 Å². The van der Waals surface area contributed by atoms with Gasteiger partial charge in [0.25, 0.3) is 5.91 Å². The van der Waals surface area contributed by atoms with Gasteiger partial charge in [-0.1, -0.05) is 36.4 Å². The average molecular weight is 312 g/mol. The molecule has 2 aromatic rings. The normalized spacial score (nSPS) is 13.7. The molecule has 0 aliphatic heterocycles. The number of carbonyl (C=O) groups excluding carboxylic acids is 1. The van der Waals surface area contributed by atoms with Gasteiger partial charge in [-0.05, 0) is 30.6 Å². The highest BCUT2D eigenvalue weighted by Crippen LogP contribution is 2.27. The lowest BCUT2D eigenvalue weighted by molar-refractivity contribution is -0.130. The smallest absolute Gasteiger partial charge is 0.269 e. The van der Waals surface area contributed by atoms with Crippen molar-refractivity contribution in [2.75, 3.05) is 0 Å². The third kappa shape index (κ3) is 3.50. The van der Waals surface area contributed by atoms with Gasteiger partial charge in [0.2, 0.25) is 0 Å². The SMILES string of the molecule is Cc1nc(C2=CCC(C(=O)NOCc3ccccc3)=C2)cs1. The molecule has 3 rings (SSSR count). The van der Waals surface area contributed by atoms with Crippen molar-refractivity contribution in [2.45, 2.75) is 20.0 Å². The summed E-state index contributed by atoms with van der Waals surface area (Å²) in [6.07, 6.45) is 4.49. The molecule has 5 heteroatoms. The van der Waals surface area contributed by atoms with E-state index in [0.29, 0.717) is 18.6 Å². The second kappa shape index (κ2) is 6.68. The number of hydroxylamine groups is 1. The Morgan fingerprint density at radius 2 is 2.18 bits per heavy atom. The number of allylic oxidation sites excluding steroid dienone is 3. The lowest BCUT2D eigenvalue weighted by Crippen LogP contribution is -2.24. The standard InChI is InChI=1S/C17H16N2O2S/c1-12-18-16(11-22-12)14-7-8-15(9-14)17(20)19-21-10-13-5-3-2-4-6-13/h2-7,9,11H,8,10H2,1H3,(H,19,20). The third-order valence-corrected chi connectivity index (χ3v) is 4.10. The molecule has 1 aliphatic rings. The minimum absolute atomic E-state index is 0.200. The Bertz CT molecular complexity index is 732. The first-order chi connectivity index (χ1) is 10.7. The van der Waals surface area contributed by atoms with Gasteiger partial charge in [-0.3, -0.25) is 9.63 Å². The molecule has 1 heterocycles. The van der Waals surface area contributed by atoms with E-state index in [-0.39, 0.29) is 5.91 Å². The number of thiazole rings is 1. The molecule has 0 fully saturated rings. The zero-order valence-electron chi connectivity index (χ0n) is 12.2. The highest BCUT2D eigenvalue weighted by molar-refractivity contribution is 7.09. The highest BCUT2D eigenvalue weighted by atomic mass is 32.1. The largest absolute Gasteiger partial charge is 0.271 e. The first kappa shape index (κ1) is 14.7. The second-order valence-corrected chi connectivity index (χ2v) is 6.05. The van der Waals surface area contributed by atoms with Crippen LogP contribution < -0.4 is 5.48 Å². The number of hydrogen-bond donors (Lipinski definition) is 1. The molecule has 0 saturated carbocycles. The maximum Gasteiger partial charge on any atom is 0.271 e. The van der Waals surface area contributed by atoms with E-state index in [1.807, 2.05) is 54.8 Å². The number of hydrogen-bond acceptors (Lipinski definition) is 4. The fourth-order valence-electron chi connectivity index (χ4n) is 2.18. The van der Waals surface area contributed by atoms with Crippen molar-refractivity contribution in [2.24, 2.45) is 0 Å². The van der Waals surface area contributed by atoms with Gasteiger partial charge in [0, 0.05) is 11.0 Å². The molecule has 0 radical (unpaired) electrons. The Morgan fingerprint density at radius 1 is 1.36 bits per heavy atom. The van der Waals surface area contributed by atoms with Crippen LogP contribution >= 0.6 is 11.3 Å². The van der Waals surface area contributed by atoms with E-state index >= 15 is 0 Å². The van der Waals surface area contributed by atoms with Crippen LogP contribution in [0.1, 0.15) is 22.7 Å². The van der Waals surface area contributed by atoms with E-state index in [0.717, 1.165) is 21.8 Å². The van der Waals surface area contributed by atoms with Crippen molar-refractivity contribution in [1.29, 1.82) is 0 Å². The minimum atomic E-state index is -0.200. The average Bonchev–Trinajstić information content (AvgIpc) is 3.17. The topological polar surface area (TPSA) is 51.2 Å².